The Hall–Kier alpha value is -1.07. The van der Waals surface area contributed by atoms with Crippen molar-refractivity contribution in [1.82, 2.24) is 5.32 Å². The third-order valence-corrected chi connectivity index (χ3v) is 5.64. The molecule has 1 aliphatic rings. The maximum atomic E-state index is 12.4. The van der Waals surface area contributed by atoms with Gasteiger partial charge in [0, 0.05) is 7.05 Å². The Bertz CT molecular complexity index is 522. The maximum absolute atomic E-state index is 12.4. The van der Waals surface area contributed by atoms with Crippen molar-refractivity contribution in [1.29, 1.82) is 0 Å². The molecule has 0 radical (unpaired) electrons. The van der Waals surface area contributed by atoms with E-state index in [0.717, 1.165) is 37.2 Å². The lowest BCUT2D eigenvalue weighted by Gasteiger charge is -2.27. The molecule has 1 aromatic carbocycles. The lowest BCUT2D eigenvalue weighted by Crippen LogP contribution is -2.38. The largest absolute Gasteiger partial charge is 0.316 e. The van der Waals surface area contributed by atoms with Crippen LogP contribution in [0.3, 0.4) is 0 Å². The van der Waals surface area contributed by atoms with Gasteiger partial charge in [0.15, 0.2) is 0 Å². The molecule has 1 N–H and O–H groups in total. The summed E-state index contributed by atoms with van der Waals surface area (Å²) in [6.07, 6.45) is 2.06. The van der Waals surface area contributed by atoms with E-state index in [2.05, 4.69) is 5.32 Å². The molecule has 0 saturated carbocycles. The van der Waals surface area contributed by atoms with Crippen molar-refractivity contribution < 1.29 is 8.42 Å². The average molecular weight is 282 g/mol. The Kier molecular flexibility index (Phi) is 4.47. The van der Waals surface area contributed by atoms with Gasteiger partial charge in [-0.15, -0.1) is 0 Å². The van der Waals surface area contributed by atoms with E-state index in [4.69, 9.17) is 0 Å². The van der Waals surface area contributed by atoms with Crippen LogP contribution in [0.15, 0.2) is 24.3 Å². The number of para-hydroxylation sites is 1. The summed E-state index contributed by atoms with van der Waals surface area (Å²) in [7, 11) is -1.60. The average Bonchev–Trinajstić information content (AvgIpc) is 2.39. The minimum atomic E-state index is -3.24. The molecule has 1 saturated heterocycles. The van der Waals surface area contributed by atoms with Gasteiger partial charge < -0.3 is 5.32 Å². The van der Waals surface area contributed by atoms with Crippen LogP contribution in [0.4, 0.5) is 5.69 Å². The second kappa shape index (κ2) is 5.92. The van der Waals surface area contributed by atoms with E-state index >= 15 is 0 Å². The second-order valence-corrected chi connectivity index (χ2v) is 7.29. The fraction of sp³-hybridized carbons (Fsp3) is 0.571. The Morgan fingerprint density at radius 1 is 1.37 bits per heavy atom. The molecule has 1 unspecified atom stereocenters. The minimum absolute atomic E-state index is 0.227. The molecule has 1 atom stereocenters. The molecule has 0 aromatic heterocycles. The van der Waals surface area contributed by atoms with Gasteiger partial charge in [0.25, 0.3) is 0 Å². The summed E-state index contributed by atoms with van der Waals surface area (Å²) in [6.45, 7) is 3.74. The standard InChI is InChI=1S/C14H22N2O2S/c1-12-6-3-4-8-14(12)16(2)19(17,18)11-13-7-5-9-15-10-13/h3-4,6,8,13,15H,5,7,9-11H2,1-2H3. The van der Waals surface area contributed by atoms with E-state index in [1.165, 1.54) is 4.31 Å². The van der Waals surface area contributed by atoms with E-state index in [1.54, 1.807) is 7.05 Å². The number of hydrogen-bond acceptors (Lipinski definition) is 3. The van der Waals surface area contributed by atoms with Crippen molar-refractivity contribution in [3.05, 3.63) is 29.8 Å². The van der Waals surface area contributed by atoms with Gasteiger partial charge in [0.1, 0.15) is 0 Å². The van der Waals surface area contributed by atoms with Gasteiger partial charge in [-0.2, -0.15) is 0 Å². The van der Waals surface area contributed by atoms with Gasteiger partial charge in [0.2, 0.25) is 10.0 Å². The molecule has 19 heavy (non-hydrogen) atoms. The van der Waals surface area contributed by atoms with Gasteiger partial charge in [-0.25, -0.2) is 8.42 Å². The normalized spacial score (nSPS) is 20.2. The molecule has 1 fully saturated rings. The molecular formula is C14H22N2O2S. The highest BCUT2D eigenvalue weighted by Crippen LogP contribution is 2.23. The first-order valence-corrected chi connectivity index (χ1v) is 8.34. The molecule has 5 heteroatoms. The van der Waals surface area contributed by atoms with Crippen LogP contribution in [-0.2, 0) is 10.0 Å². The van der Waals surface area contributed by atoms with E-state index in [-0.39, 0.29) is 11.7 Å². The smallest absolute Gasteiger partial charge is 0.235 e. The van der Waals surface area contributed by atoms with Crippen LogP contribution in [0.5, 0.6) is 0 Å². The van der Waals surface area contributed by atoms with Crippen molar-refractivity contribution in [2.45, 2.75) is 19.8 Å². The number of sulfonamides is 1. The Morgan fingerprint density at radius 2 is 2.11 bits per heavy atom. The summed E-state index contributed by atoms with van der Waals surface area (Å²) in [5.41, 5.74) is 1.75. The van der Waals surface area contributed by atoms with Gasteiger partial charge in [-0.05, 0) is 50.4 Å². The van der Waals surface area contributed by atoms with E-state index in [9.17, 15) is 8.42 Å². The van der Waals surface area contributed by atoms with Crippen LogP contribution < -0.4 is 9.62 Å². The highest BCUT2D eigenvalue weighted by Gasteiger charge is 2.25. The minimum Gasteiger partial charge on any atom is -0.316 e. The fourth-order valence-corrected chi connectivity index (χ4v) is 4.15. The first-order valence-electron chi connectivity index (χ1n) is 6.73. The quantitative estimate of drug-likeness (QED) is 0.915. The number of nitrogens with zero attached hydrogens (tertiary/aromatic N) is 1. The van der Waals surface area contributed by atoms with Crippen LogP contribution in [0.1, 0.15) is 18.4 Å². The zero-order valence-electron chi connectivity index (χ0n) is 11.6. The van der Waals surface area contributed by atoms with Gasteiger partial charge in [-0.1, -0.05) is 18.2 Å². The van der Waals surface area contributed by atoms with Crippen molar-refractivity contribution >= 4 is 15.7 Å². The Morgan fingerprint density at radius 3 is 2.74 bits per heavy atom. The Balaban J connectivity index is 2.12. The predicted octanol–water partition coefficient (Wildman–Crippen LogP) is 1.76. The number of hydrogen-bond donors (Lipinski definition) is 1. The molecule has 1 aliphatic heterocycles. The number of benzene rings is 1. The predicted molar refractivity (Wildman–Crippen MR) is 79.0 cm³/mol. The first kappa shape index (κ1) is 14.3. The highest BCUT2D eigenvalue weighted by atomic mass is 32.2. The van der Waals surface area contributed by atoms with Gasteiger partial charge in [-0.3, -0.25) is 4.31 Å². The van der Waals surface area contributed by atoms with E-state index in [1.807, 2.05) is 31.2 Å². The molecule has 1 aromatic rings. The van der Waals surface area contributed by atoms with Gasteiger partial charge in [0.05, 0.1) is 11.4 Å². The first-order chi connectivity index (χ1) is 9.00. The molecule has 106 valence electrons. The molecular weight excluding hydrogens is 260 g/mol. The van der Waals surface area contributed by atoms with E-state index in [0.29, 0.717) is 0 Å². The van der Waals surface area contributed by atoms with Gasteiger partial charge >= 0.3 is 0 Å². The van der Waals surface area contributed by atoms with Crippen LogP contribution in [0.25, 0.3) is 0 Å². The van der Waals surface area contributed by atoms with Crippen molar-refractivity contribution in [2.24, 2.45) is 5.92 Å². The number of rotatable bonds is 4. The molecule has 0 aliphatic carbocycles. The molecule has 1 heterocycles. The summed E-state index contributed by atoms with van der Waals surface area (Å²) in [6, 6.07) is 7.58. The molecule has 0 bridgehead atoms. The highest BCUT2D eigenvalue weighted by molar-refractivity contribution is 7.92. The molecule has 0 amide bonds. The zero-order valence-corrected chi connectivity index (χ0v) is 12.4. The number of nitrogens with one attached hydrogen (secondary N) is 1. The summed E-state index contributed by atoms with van der Waals surface area (Å²) in [5, 5.41) is 3.26. The SMILES string of the molecule is Cc1ccccc1N(C)S(=O)(=O)CC1CCCNC1. The van der Waals surface area contributed by atoms with Crippen LogP contribution in [0.2, 0.25) is 0 Å². The number of piperidine rings is 1. The lowest BCUT2D eigenvalue weighted by atomic mass is 10.0. The number of aryl methyl sites for hydroxylation is 1. The topological polar surface area (TPSA) is 49.4 Å². The third-order valence-electron chi connectivity index (χ3n) is 3.72. The van der Waals surface area contributed by atoms with Crippen LogP contribution >= 0.6 is 0 Å². The van der Waals surface area contributed by atoms with Crippen molar-refractivity contribution in [2.75, 3.05) is 30.2 Å². The Labute approximate surface area is 115 Å². The monoisotopic (exact) mass is 282 g/mol. The number of anilines is 1. The van der Waals surface area contributed by atoms with Crippen LogP contribution in [0, 0.1) is 12.8 Å². The summed E-state index contributed by atoms with van der Waals surface area (Å²) >= 11 is 0. The maximum Gasteiger partial charge on any atom is 0.235 e. The van der Waals surface area contributed by atoms with Crippen molar-refractivity contribution in [3.63, 3.8) is 0 Å². The molecule has 0 spiro atoms. The van der Waals surface area contributed by atoms with Crippen LogP contribution in [-0.4, -0.2) is 34.3 Å². The molecule has 2 rings (SSSR count). The third kappa shape index (κ3) is 3.48. The fourth-order valence-electron chi connectivity index (χ4n) is 2.54. The summed E-state index contributed by atoms with van der Waals surface area (Å²) in [5.74, 6) is 0.454. The molecule has 4 nitrogen and oxygen atoms in total. The lowest BCUT2D eigenvalue weighted by molar-refractivity contribution is 0.404. The summed E-state index contributed by atoms with van der Waals surface area (Å²) in [4.78, 5) is 0. The van der Waals surface area contributed by atoms with E-state index < -0.39 is 10.0 Å². The zero-order chi connectivity index (χ0) is 13.9. The van der Waals surface area contributed by atoms with Crippen molar-refractivity contribution in [3.8, 4) is 0 Å². The second-order valence-electron chi connectivity index (χ2n) is 5.24. The summed E-state index contributed by atoms with van der Waals surface area (Å²) < 4.78 is 26.3.